The fraction of sp³-hybridized carbons (Fsp3) is 0.385. The van der Waals surface area contributed by atoms with Crippen molar-refractivity contribution in [1.29, 1.82) is 0 Å². The summed E-state index contributed by atoms with van der Waals surface area (Å²) in [6.07, 6.45) is 4.90. The van der Waals surface area contributed by atoms with Crippen molar-refractivity contribution in [1.82, 2.24) is 19.5 Å². The Bertz CT molecular complexity index is 1420. The molecule has 0 saturated carbocycles. The first-order chi connectivity index (χ1) is 17.2. The second kappa shape index (κ2) is 9.93. The van der Waals surface area contributed by atoms with Gasteiger partial charge in [-0.05, 0) is 36.1 Å². The number of thiocarbonyl (C=S) groups is 1. The number of benzene rings is 2. The molecule has 3 heterocycles. The lowest BCUT2D eigenvalue weighted by Crippen LogP contribution is -2.50. The topological polar surface area (TPSA) is 109 Å². The Labute approximate surface area is 216 Å². The van der Waals surface area contributed by atoms with Gasteiger partial charge in [0.1, 0.15) is 4.99 Å². The minimum atomic E-state index is -3.20. The van der Waals surface area contributed by atoms with E-state index in [1.165, 1.54) is 6.26 Å². The number of aromatic nitrogens is 1. The SMILES string of the molecule is CS(=O)(=O)N1CCC(n2cc(-c3cccc(C(N)=S)c3)c3ccc(CNC(=O)C4CNC4)cc32)CC1. The summed E-state index contributed by atoms with van der Waals surface area (Å²) in [5.41, 5.74) is 10.9. The van der Waals surface area contributed by atoms with Crippen molar-refractivity contribution in [3.05, 3.63) is 59.8 Å². The zero-order chi connectivity index (χ0) is 25.4. The minimum Gasteiger partial charge on any atom is -0.389 e. The molecule has 0 aliphatic carbocycles. The third kappa shape index (κ3) is 5.04. The van der Waals surface area contributed by atoms with Crippen LogP contribution in [0.3, 0.4) is 0 Å². The van der Waals surface area contributed by atoms with Gasteiger partial charge in [-0.25, -0.2) is 12.7 Å². The molecule has 0 atom stereocenters. The number of hydrogen-bond donors (Lipinski definition) is 3. The molecule has 0 unspecified atom stereocenters. The normalized spacial score (nSPS) is 17.7. The van der Waals surface area contributed by atoms with Crippen LogP contribution in [-0.4, -0.2) is 60.6 Å². The Hall–Kier alpha value is -2.79. The molecule has 0 bridgehead atoms. The molecule has 2 aliphatic heterocycles. The summed E-state index contributed by atoms with van der Waals surface area (Å²) in [5.74, 6) is 0.123. The Morgan fingerprint density at radius 2 is 1.92 bits per heavy atom. The lowest BCUT2D eigenvalue weighted by molar-refractivity contribution is -0.126. The molecule has 0 radical (unpaired) electrons. The zero-order valence-electron chi connectivity index (χ0n) is 20.2. The van der Waals surface area contributed by atoms with Gasteiger partial charge in [0.2, 0.25) is 15.9 Å². The van der Waals surface area contributed by atoms with Crippen molar-refractivity contribution in [2.24, 2.45) is 11.7 Å². The predicted octanol–water partition coefficient (Wildman–Crippen LogP) is 2.37. The number of fused-ring (bicyclic) bond motifs is 1. The third-order valence-corrected chi connectivity index (χ3v) is 8.80. The Morgan fingerprint density at radius 3 is 2.56 bits per heavy atom. The van der Waals surface area contributed by atoms with E-state index >= 15 is 0 Å². The quantitative estimate of drug-likeness (QED) is 0.409. The monoisotopic (exact) mass is 525 g/mol. The van der Waals surface area contributed by atoms with Crippen LogP contribution in [0.5, 0.6) is 0 Å². The van der Waals surface area contributed by atoms with Crippen molar-refractivity contribution in [2.45, 2.75) is 25.4 Å². The van der Waals surface area contributed by atoms with Crippen LogP contribution < -0.4 is 16.4 Å². The number of sulfonamides is 1. The van der Waals surface area contributed by atoms with Crippen LogP contribution in [0.2, 0.25) is 0 Å². The fourth-order valence-corrected chi connectivity index (χ4v) is 6.04. The lowest BCUT2D eigenvalue weighted by atomic mass is 10.0. The van der Waals surface area contributed by atoms with E-state index in [-0.39, 0.29) is 17.9 Å². The van der Waals surface area contributed by atoms with E-state index in [1.54, 1.807) is 4.31 Å². The standard InChI is InChI=1S/C26H31N5O3S2/c1-36(33,34)30-9-7-21(8-10-30)31-16-23(18-3-2-4-19(12-18)25(27)35)22-6-5-17(11-24(22)31)13-29-26(32)20-14-28-15-20/h2-6,11-12,16,20-21,28H,7-10,13-15H2,1H3,(H2,27,35)(H,29,32). The third-order valence-electron chi connectivity index (χ3n) is 7.26. The van der Waals surface area contributed by atoms with Gasteiger partial charge in [-0.3, -0.25) is 4.79 Å². The predicted molar refractivity (Wildman–Crippen MR) is 146 cm³/mol. The number of rotatable bonds is 7. The summed E-state index contributed by atoms with van der Waals surface area (Å²) < 4.78 is 27.9. The maximum atomic E-state index is 12.3. The van der Waals surface area contributed by atoms with Gasteiger partial charge in [0.15, 0.2) is 0 Å². The maximum absolute atomic E-state index is 12.3. The second-order valence-electron chi connectivity index (χ2n) is 9.71. The molecule has 0 spiro atoms. The highest BCUT2D eigenvalue weighted by molar-refractivity contribution is 7.88. The maximum Gasteiger partial charge on any atom is 0.225 e. The van der Waals surface area contributed by atoms with E-state index in [9.17, 15) is 13.2 Å². The molecular formula is C26H31N5O3S2. The van der Waals surface area contributed by atoms with Gasteiger partial charge in [0.25, 0.3) is 0 Å². The Morgan fingerprint density at radius 1 is 1.17 bits per heavy atom. The van der Waals surface area contributed by atoms with Gasteiger partial charge >= 0.3 is 0 Å². The summed E-state index contributed by atoms with van der Waals surface area (Å²) >= 11 is 5.19. The second-order valence-corrected chi connectivity index (χ2v) is 12.1. The molecule has 8 nitrogen and oxygen atoms in total. The van der Waals surface area contributed by atoms with Crippen molar-refractivity contribution in [3.8, 4) is 11.1 Å². The van der Waals surface area contributed by atoms with E-state index in [0.717, 1.165) is 59.1 Å². The molecular weight excluding hydrogens is 494 g/mol. The van der Waals surface area contributed by atoms with Crippen molar-refractivity contribution in [3.63, 3.8) is 0 Å². The first-order valence-corrected chi connectivity index (χ1v) is 14.4. The molecule has 1 aromatic heterocycles. The van der Waals surface area contributed by atoms with E-state index in [2.05, 4.69) is 39.6 Å². The van der Waals surface area contributed by atoms with Gasteiger partial charge in [-0.15, -0.1) is 0 Å². The van der Waals surface area contributed by atoms with Crippen LogP contribution in [0.1, 0.15) is 30.0 Å². The molecule has 2 aliphatic rings. The molecule has 2 saturated heterocycles. The number of nitrogens with one attached hydrogen (secondary N) is 2. The average molecular weight is 526 g/mol. The van der Waals surface area contributed by atoms with E-state index in [1.807, 2.05) is 24.3 Å². The highest BCUT2D eigenvalue weighted by Crippen LogP contribution is 2.36. The first-order valence-electron chi connectivity index (χ1n) is 12.2. The van der Waals surface area contributed by atoms with Crippen LogP contribution in [0.25, 0.3) is 22.0 Å². The molecule has 5 rings (SSSR count). The van der Waals surface area contributed by atoms with Crippen LogP contribution in [0.15, 0.2) is 48.7 Å². The van der Waals surface area contributed by atoms with Crippen molar-refractivity contribution in [2.75, 3.05) is 32.4 Å². The summed E-state index contributed by atoms with van der Waals surface area (Å²) in [5, 5.41) is 7.28. The zero-order valence-corrected chi connectivity index (χ0v) is 21.9. The lowest BCUT2D eigenvalue weighted by Gasteiger charge is -2.31. The first kappa shape index (κ1) is 24.9. The summed E-state index contributed by atoms with van der Waals surface area (Å²) in [4.78, 5) is 12.7. The number of nitrogens with two attached hydrogens (primary N) is 1. The highest BCUT2D eigenvalue weighted by Gasteiger charge is 2.28. The van der Waals surface area contributed by atoms with Gasteiger partial charge in [-0.1, -0.05) is 42.5 Å². The van der Waals surface area contributed by atoms with Crippen LogP contribution in [-0.2, 0) is 21.4 Å². The van der Waals surface area contributed by atoms with Crippen molar-refractivity contribution < 1.29 is 13.2 Å². The summed E-state index contributed by atoms with van der Waals surface area (Å²) in [7, 11) is -3.20. The molecule has 4 N–H and O–H groups in total. The van der Waals surface area contributed by atoms with Gasteiger partial charge in [0, 0.05) is 67.0 Å². The van der Waals surface area contributed by atoms with Gasteiger partial charge in [0.05, 0.1) is 12.2 Å². The molecule has 36 heavy (non-hydrogen) atoms. The van der Waals surface area contributed by atoms with Crippen molar-refractivity contribution >= 4 is 44.0 Å². The molecule has 1 amide bonds. The minimum absolute atomic E-state index is 0.0464. The Kier molecular flexibility index (Phi) is 6.86. The Balaban J connectivity index is 1.50. The molecule has 2 aromatic carbocycles. The van der Waals surface area contributed by atoms with Gasteiger partial charge < -0.3 is 20.9 Å². The fourth-order valence-electron chi connectivity index (χ4n) is 5.04. The molecule has 190 valence electrons. The number of piperidine rings is 1. The molecule has 2 fully saturated rings. The number of amides is 1. The largest absolute Gasteiger partial charge is 0.389 e. The summed E-state index contributed by atoms with van der Waals surface area (Å²) in [6.45, 7) is 2.93. The number of carbonyl (C=O) groups excluding carboxylic acids is 1. The number of hydrogen-bond acceptors (Lipinski definition) is 5. The summed E-state index contributed by atoms with van der Waals surface area (Å²) in [6, 6.07) is 14.4. The van der Waals surface area contributed by atoms with E-state index in [4.69, 9.17) is 18.0 Å². The number of carbonyl (C=O) groups is 1. The van der Waals surface area contributed by atoms with E-state index < -0.39 is 10.0 Å². The van der Waals surface area contributed by atoms with E-state index in [0.29, 0.717) is 24.6 Å². The van der Waals surface area contributed by atoms with Gasteiger partial charge in [-0.2, -0.15) is 0 Å². The molecule has 10 heteroatoms. The highest BCUT2D eigenvalue weighted by atomic mass is 32.2. The average Bonchev–Trinajstić information content (AvgIpc) is 3.20. The van der Waals surface area contributed by atoms with Crippen LogP contribution in [0.4, 0.5) is 0 Å². The van der Waals surface area contributed by atoms with Crippen LogP contribution >= 0.6 is 12.2 Å². The smallest absolute Gasteiger partial charge is 0.225 e. The number of nitrogens with zero attached hydrogens (tertiary/aromatic N) is 2. The molecule has 3 aromatic rings. The van der Waals surface area contributed by atoms with Crippen LogP contribution in [0, 0.1) is 5.92 Å².